The van der Waals surface area contributed by atoms with Crippen molar-refractivity contribution >= 4 is 17.8 Å². The van der Waals surface area contributed by atoms with Crippen LogP contribution in [0.1, 0.15) is 21.6 Å². The third kappa shape index (κ3) is 4.01. The molecule has 1 aromatic carbocycles. The van der Waals surface area contributed by atoms with Gasteiger partial charge in [0.2, 0.25) is 0 Å². The van der Waals surface area contributed by atoms with Gasteiger partial charge in [-0.3, -0.25) is 4.79 Å². The maximum Gasteiger partial charge on any atom is 0.395 e. The number of hydrogen-bond donors (Lipinski definition) is 2. The van der Waals surface area contributed by atoms with Gasteiger partial charge in [-0.1, -0.05) is 0 Å². The van der Waals surface area contributed by atoms with Gasteiger partial charge in [-0.15, -0.1) is 0 Å². The van der Waals surface area contributed by atoms with Crippen molar-refractivity contribution in [3.8, 4) is 5.75 Å². The molecular formula is C16H17F3N6O2. The minimum absolute atomic E-state index is 0.0769. The molecule has 27 heavy (non-hydrogen) atoms. The third-order valence-electron chi connectivity index (χ3n) is 4.29. The maximum absolute atomic E-state index is 12.7. The second-order valence-electron chi connectivity index (χ2n) is 6.07. The van der Waals surface area contributed by atoms with E-state index < -0.39 is 18.0 Å². The summed E-state index contributed by atoms with van der Waals surface area (Å²) in [5.74, 6) is -1.36. The van der Waals surface area contributed by atoms with Crippen LogP contribution in [-0.4, -0.2) is 53.9 Å². The van der Waals surface area contributed by atoms with E-state index in [1.807, 2.05) is 0 Å². The fourth-order valence-corrected chi connectivity index (χ4v) is 2.72. The lowest BCUT2D eigenvalue weighted by atomic mass is 9.96. The zero-order valence-electron chi connectivity index (χ0n) is 14.5. The second-order valence-corrected chi connectivity index (χ2v) is 6.07. The molecule has 8 nitrogen and oxygen atoms in total. The highest BCUT2D eigenvalue weighted by Crippen LogP contribution is 2.39. The van der Waals surface area contributed by atoms with E-state index >= 15 is 0 Å². The average Bonchev–Trinajstić information content (AvgIpc) is 3.09. The van der Waals surface area contributed by atoms with Crippen molar-refractivity contribution in [1.82, 2.24) is 20.8 Å². The van der Waals surface area contributed by atoms with Gasteiger partial charge in [0.05, 0.1) is 25.4 Å². The summed E-state index contributed by atoms with van der Waals surface area (Å²) in [4.78, 5) is 13.4. The third-order valence-corrected chi connectivity index (χ3v) is 4.29. The molecule has 0 saturated carbocycles. The molecule has 0 radical (unpaired) electrons. The Kier molecular flexibility index (Phi) is 5.02. The molecule has 0 unspecified atom stereocenters. The van der Waals surface area contributed by atoms with Gasteiger partial charge in [0.25, 0.3) is 5.91 Å². The van der Waals surface area contributed by atoms with E-state index in [1.54, 1.807) is 24.0 Å². The zero-order valence-corrected chi connectivity index (χ0v) is 14.5. The van der Waals surface area contributed by atoms with Crippen LogP contribution in [0.25, 0.3) is 0 Å². The summed E-state index contributed by atoms with van der Waals surface area (Å²) in [5, 5.41) is 13.3. The van der Waals surface area contributed by atoms with Crippen molar-refractivity contribution in [2.24, 2.45) is 11.0 Å². The molecule has 144 valence electrons. The number of carbonyl (C=O) groups excluding carboxylic acids is 1. The lowest BCUT2D eigenvalue weighted by molar-refractivity contribution is -0.180. The highest BCUT2D eigenvalue weighted by molar-refractivity contribution is 5.93. The van der Waals surface area contributed by atoms with Gasteiger partial charge in [0.15, 0.2) is 5.69 Å². The monoisotopic (exact) mass is 382 g/mol. The lowest BCUT2D eigenvalue weighted by Gasteiger charge is -2.42. The number of hydrazone groups is 1. The molecule has 2 aromatic rings. The number of carbonyl (C=O) groups is 1. The average molecular weight is 382 g/mol. The van der Waals surface area contributed by atoms with Crippen molar-refractivity contribution in [2.45, 2.75) is 13.1 Å². The van der Waals surface area contributed by atoms with E-state index in [1.165, 1.54) is 19.5 Å². The van der Waals surface area contributed by atoms with Gasteiger partial charge >= 0.3 is 6.18 Å². The lowest BCUT2D eigenvalue weighted by Crippen LogP contribution is -2.53. The molecule has 1 saturated heterocycles. The van der Waals surface area contributed by atoms with Crippen molar-refractivity contribution in [2.75, 3.05) is 25.1 Å². The predicted molar refractivity (Wildman–Crippen MR) is 90.9 cm³/mol. The van der Waals surface area contributed by atoms with Crippen molar-refractivity contribution in [1.29, 1.82) is 0 Å². The highest BCUT2D eigenvalue weighted by atomic mass is 19.4. The number of halogens is 3. The number of alkyl halides is 3. The summed E-state index contributed by atoms with van der Waals surface area (Å²) in [6.07, 6.45) is -1.57. The molecule has 2 N–H and O–H groups in total. The molecule has 1 amide bonds. The first-order valence-corrected chi connectivity index (χ1v) is 7.99. The van der Waals surface area contributed by atoms with E-state index in [2.05, 4.69) is 25.9 Å². The van der Waals surface area contributed by atoms with Crippen molar-refractivity contribution in [3.63, 3.8) is 0 Å². The molecule has 0 aliphatic carbocycles. The molecule has 3 rings (SSSR count). The smallest absolute Gasteiger partial charge is 0.395 e. The van der Waals surface area contributed by atoms with Crippen LogP contribution in [0.4, 0.5) is 18.9 Å². The van der Waals surface area contributed by atoms with Crippen LogP contribution in [0.3, 0.4) is 0 Å². The van der Waals surface area contributed by atoms with E-state index in [0.29, 0.717) is 17.0 Å². The van der Waals surface area contributed by atoms with Gasteiger partial charge in [-0.2, -0.15) is 33.7 Å². The number of nitrogens with zero attached hydrogens (tertiary/aromatic N) is 4. The van der Waals surface area contributed by atoms with Crippen LogP contribution < -0.4 is 15.1 Å². The summed E-state index contributed by atoms with van der Waals surface area (Å²) in [7, 11) is 1.48. The first-order chi connectivity index (χ1) is 12.8. The van der Waals surface area contributed by atoms with Gasteiger partial charge in [-0.25, -0.2) is 5.43 Å². The molecule has 2 heterocycles. The van der Waals surface area contributed by atoms with Gasteiger partial charge < -0.3 is 9.64 Å². The van der Waals surface area contributed by atoms with Crippen LogP contribution in [0.5, 0.6) is 5.75 Å². The SMILES string of the molecule is COc1cc(/C=N/NC(=O)c2cn[nH]n2)cc(N2CC(C(F)(F)F)C2)c1C. The number of aromatic amines is 1. The number of H-pyrrole nitrogens is 1. The normalized spacial score (nSPS) is 15.1. The number of amides is 1. The van der Waals surface area contributed by atoms with Crippen LogP contribution in [0, 0.1) is 12.8 Å². The number of aromatic nitrogens is 3. The number of ether oxygens (including phenoxy) is 1. The Morgan fingerprint density at radius 1 is 1.44 bits per heavy atom. The Balaban J connectivity index is 1.74. The van der Waals surface area contributed by atoms with Gasteiger partial charge in [-0.05, 0) is 19.1 Å². The summed E-state index contributed by atoms with van der Waals surface area (Å²) in [6, 6.07) is 3.39. The van der Waals surface area contributed by atoms with Crippen LogP contribution >= 0.6 is 0 Å². The fourth-order valence-electron chi connectivity index (χ4n) is 2.72. The highest BCUT2D eigenvalue weighted by Gasteiger charge is 2.47. The summed E-state index contributed by atoms with van der Waals surface area (Å²) in [6.45, 7) is 1.58. The topological polar surface area (TPSA) is 95.5 Å². The van der Waals surface area contributed by atoms with E-state index in [4.69, 9.17) is 4.74 Å². The minimum Gasteiger partial charge on any atom is -0.496 e. The summed E-state index contributed by atoms with van der Waals surface area (Å²) >= 11 is 0. The molecule has 0 spiro atoms. The standard InChI is InChI=1S/C16H17F3N6O2/c1-9-13(25-7-11(8-25)16(17,18)19)3-10(4-14(9)27-2)5-20-23-15(26)12-6-21-24-22-12/h3-6,11H,7-8H2,1-2H3,(H,23,26)(H,21,22,24)/b20-5+. The molecule has 0 bridgehead atoms. The number of hydrogen-bond acceptors (Lipinski definition) is 6. The largest absolute Gasteiger partial charge is 0.496 e. The van der Waals surface area contributed by atoms with E-state index in [9.17, 15) is 18.0 Å². The van der Waals surface area contributed by atoms with E-state index in [0.717, 1.165) is 5.56 Å². The molecule has 1 aromatic heterocycles. The van der Waals surface area contributed by atoms with Crippen LogP contribution in [0.2, 0.25) is 0 Å². The molecule has 11 heteroatoms. The van der Waals surface area contributed by atoms with Gasteiger partial charge in [0.1, 0.15) is 5.75 Å². The second kappa shape index (κ2) is 7.25. The van der Waals surface area contributed by atoms with Gasteiger partial charge in [0, 0.05) is 29.9 Å². The number of rotatable bonds is 5. The van der Waals surface area contributed by atoms with Crippen molar-refractivity contribution in [3.05, 3.63) is 35.2 Å². The van der Waals surface area contributed by atoms with Crippen molar-refractivity contribution < 1.29 is 22.7 Å². The zero-order chi connectivity index (χ0) is 19.6. The number of anilines is 1. The Morgan fingerprint density at radius 2 is 2.19 bits per heavy atom. The molecule has 1 aliphatic rings. The fraction of sp³-hybridized carbons (Fsp3) is 0.375. The maximum atomic E-state index is 12.7. The van der Waals surface area contributed by atoms with Crippen LogP contribution in [-0.2, 0) is 0 Å². The van der Waals surface area contributed by atoms with Crippen LogP contribution in [0.15, 0.2) is 23.4 Å². The molecule has 1 fully saturated rings. The Hall–Kier alpha value is -3.11. The minimum atomic E-state index is -4.20. The number of nitrogens with one attached hydrogen (secondary N) is 2. The first-order valence-electron chi connectivity index (χ1n) is 7.99. The molecular weight excluding hydrogens is 365 g/mol. The molecule has 1 aliphatic heterocycles. The quantitative estimate of drug-likeness (QED) is 0.608. The molecule has 0 atom stereocenters. The van der Waals surface area contributed by atoms with E-state index in [-0.39, 0.29) is 18.8 Å². The Labute approximate surface area is 152 Å². The summed E-state index contributed by atoms with van der Waals surface area (Å²) < 4.78 is 43.6. The Bertz CT molecular complexity index is 845. The predicted octanol–water partition coefficient (Wildman–Crippen LogP) is 1.88. The first kappa shape index (κ1) is 18.7. The summed E-state index contributed by atoms with van der Waals surface area (Å²) in [5.41, 5.74) is 4.32. The number of methoxy groups -OCH3 is 1. The Morgan fingerprint density at radius 3 is 2.78 bits per heavy atom. The number of benzene rings is 1.